The summed E-state index contributed by atoms with van der Waals surface area (Å²) in [7, 11) is 0. The summed E-state index contributed by atoms with van der Waals surface area (Å²) in [5.74, 6) is 1.07. The number of hydrogen-bond donors (Lipinski definition) is 5. The highest BCUT2D eigenvalue weighted by Crippen LogP contribution is 2.34. The van der Waals surface area contributed by atoms with Crippen molar-refractivity contribution in [2.45, 2.75) is 76.3 Å². The van der Waals surface area contributed by atoms with Gasteiger partial charge in [-0.3, -0.25) is 17.9 Å². The topological polar surface area (TPSA) is 216 Å². The molecule has 0 amide bonds. The number of aliphatic hydroxyl groups excluding tert-OH is 5. The molecule has 0 spiro atoms. The largest absolute Gasteiger partial charge is 0.394 e. The first kappa shape index (κ1) is 28.7. The van der Waals surface area contributed by atoms with E-state index in [-0.39, 0.29) is 6.61 Å². The van der Waals surface area contributed by atoms with Gasteiger partial charge in [-0.25, -0.2) is 29.9 Å². The molecular formula is C27H32N10O7. The Bertz CT molecular complexity index is 1830. The van der Waals surface area contributed by atoms with Crippen LogP contribution >= 0.6 is 0 Å². The molecule has 17 nitrogen and oxygen atoms in total. The van der Waals surface area contributed by atoms with E-state index < -0.39 is 49.1 Å². The molecule has 2 aliphatic heterocycles. The third-order valence-corrected chi connectivity index (χ3v) is 8.26. The molecule has 2 aliphatic rings. The van der Waals surface area contributed by atoms with E-state index in [1.165, 1.54) is 6.33 Å². The lowest BCUT2D eigenvalue weighted by atomic mass is 10.1. The van der Waals surface area contributed by atoms with Crippen LogP contribution in [0.25, 0.3) is 33.9 Å². The lowest BCUT2D eigenvalue weighted by molar-refractivity contribution is -0.0511. The van der Waals surface area contributed by atoms with Crippen LogP contribution in [0.1, 0.15) is 37.2 Å². The zero-order valence-corrected chi connectivity index (χ0v) is 24.0. The molecule has 6 aromatic rings. The van der Waals surface area contributed by atoms with Crippen molar-refractivity contribution in [1.29, 1.82) is 0 Å². The van der Waals surface area contributed by atoms with Gasteiger partial charge in [-0.2, -0.15) is 0 Å². The van der Waals surface area contributed by atoms with E-state index in [0.717, 1.165) is 16.9 Å². The highest BCUT2D eigenvalue weighted by Gasteiger charge is 2.45. The monoisotopic (exact) mass is 608 g/mol. The Kier molecular flexibility index (Phi) is 7.04. The van der Waals surface area contributed by atoms with Gasteiger partial charge in [0, 0.05) is 24.8 Å². The molecule has 0 saturated carbocycles. The third-order valence-electron chi connectivity index (χ3n) is 8.26. The summed E-state index contributed by atoms with van der Waals surface area (Å²) in [5.41, 5.74) is 4.24. The first-order chi connectivity index (χ1) is 21.2. The minimum Gasteiger partial charge on any atom is -0.394 e. The number of nitrogens with zero attached hydrogens (tertiary/aromatic N) is 10. The Hall–Kier alpha value is -4.10. The van der Waals surface area contributed by atoms with Crippen LogP contribution in [0.5, 0.6) is 0 Å². The van der Waals surface area contributed by atoms with Crippen LogP contribution in [-0.4, -0.2) is 117 Å². The fraction of sp³-hybridized carbons (Fsp3) is 0.481. The van der Waals surface area contributed by atoms with Gasteiger partial charge < -0.3 is 35.0 Å². The first-order valence-electron chi connectivity index (χ1n) is 14.2. The van der Waals surface area contributed by atoms with E-state index in [9.17, 15) is 25.5 Å². The molecule has 8 heterocycles. The van der Waals surface area contributed by atoms with E-state index in [1.807, 2.05) is 20.8 Å². The highest BCUT2D eigenvalue weighted by molar-refractivity contribution is 5.77. The molecule has 0 bridgehead atoms. The van der Waals surface area contributed by atoms with Gasteiger partial charge in [0.15, 0.2) is 23.8 Å². The molecular weight excluding hydrogens is 576 g/mol. The van der Waals surface area contributed by atoms with Crippen molar-refractivity contribution >= 4 is 33.9 Å². The second-order valence-electron chi connectivity index (χ2n) is 10.9. The molecule has 8 rings (SSSR count). The maximum atomic E-state index is 10.3. The van der Waals surface area contributed by atoms with E-state index in [1.54, 1.807) is 49.1 Å². The Balaban J connectivity index is 0.000000142. The molecule has 44 heavy (non-hydrogen) atoms. The molecule has 17 heteroatoms. The van der Waals surface area contributed by atoms with E-state index >= 15 is 0 Å². The number of hydrogen-bond acceptors (Lipinski definition) is 13. The molecule has 0 aromatic carbocycles. The lowest BCUT2D eigenvalue weighted by Crippen LogP contribution is -2.33. The van der Waals surface area contributed by atoms with Crippen molar-refractivity contribution in [2.24, 2.45) is 0 Å². The molecule has 0 aliphatic carbocycles. The van der Waals surface area contributed by atoms with Crippen molar-refractivity contribution in [1.82, 2.24) is 47.8 Å². The Morgan fingerprint density at radius 3 is 1.55 bits per heavy atom. The quantitative estimate of drug-likeness (QED) is 0.169. The van der Waals surface area contributed by atoms with Crippen molar-refractivity contribution in [3.63, 3.8) is 0 Å². The van der Waals surface area contributed by atoms with Gasteiger partial charge >= 0.3 is 0 Å². The predicted molar refractivity (Wildman–Crippen MR) is 151 cm³/mol. The maximum Gasteiger partial charge on any atom is 0.235 e. The molecule has 232 valence electrons. The second-order valence-corrected chi connectivity index (χ2v) is 10.9. The summed E-state index contributed by atoms with van der Waals surface area (Å²) >= 11 is 0. The fourth-order valence-corrected chi connectivity index (χ4v) is 5.97. The van der Waals surface area contributed by atoms with Crippen LogP contribution in [-0.2, 0) is 9.47 Å². The van der Waals surface area contributed by atoms with Gasteiger partial charge in [0.1, 0.15) is 41.6 Å². The number of ether oxygens (including phenoxy) is 2. The van der Waals surface area contributed by atoms with Crippen molar-refractivity contribution in [3.05, 3.63) is 48.8 Å². The Morgan fingerprint density at radius 1 is 0.682 bits per heavy atom. The molecule has 0 radical (unpaired) electrons. The number of fused-ring (bicyclic) bond motifs is 6. The smallest absolute Gasteiger partial charge is 0.235 e. The zero-order chi connectivity index (χ0) is 30.9. The number of imidazole rings is 4. The van der Waals surface area contributed by atoms with Gasteiger partial charge in [-0.05, 0) is 20.3 Å². The highest BCUT2D eigenvalue weighted by atomic mass is 16.6. The Labute approximate surface area is 248 Å². The van der Waals surface area contributed by atoms with Crippen LogP contribution in [0.15, 0.2) is 37.4 Å². The van der Waals surface area contributed by atoms with Crippen LogP contribution in [0.4, 0.5) is 0 Å². The minimum atomic E-state index is -1.17. The normalized spacial score (nSPS) is 28.9. The van der Waals surface area contributed by atoms with E-state index in [2.05, 4.69) is 29.9 Å². The molecule has 2 saturated heterocycles. The second kappa shape index (κ2) is 10.8. The van der Waals surface area contributed by atoms with Gasteiger partial charge in [-0.15, -0.1) is 0 Å². The molecule has 2 fully saturated rings. The summed E-state index contributed by atoms with van der Waals surface area (Å²) in [5, 5.41) is 49.8. The summed E-state index contributed by atoms with van der Waals surface area (Å²) in [4.78, 5) is 25.8. The number of aliphatic hydroxyl groups is 5. The maximum absolute atomic E-state index is 10.3. The molecule has 6 aromatic heterocycles. The van der Waals surface area contributed by atoms with Gasteiger partial charge in [0.2, 0.25) is 11.6 Å². The van der Waals surface area contributed by atoms with Crippen LogP contribution in [0, 0.1) is 13.8 Å². The predicted octanol–water partition coefficient (Wildman–Crippen LogP) is -0.584. The van der Waals surface area contributed by atoms with Gasteiger partial charge in [-0.1, -0.05) is 6.92 Å². The van der Waals surface area contributed by atoms with Gasteiger partial charge in [0.25, 0.3) is 0 Å². The number of rotatable bonds is 4. The van der Waals surface area contributed by atoms with Crippen molar-refractivity contribution < 1.29 is 35.0 Å². The minimum absolute atomic E-state index is 0.373. The number of aromatic nitrogens is 10. The Morgan fingerprint density at radius 2 is 1.14 bits per heavy atom. The van der Waals surface area contributed by atoms with E-state index in [4.69, 9.17) is 9.47 Å². The molecule has 5 N–H and O–H groups in total. The van der Waals surface area contributed by atoms with Crippen LogP contribution < -0.4 is 0 Å². The summed E-state index contributed by atoms with van der Waals surface area (Å²) in [6.45, 7) is 5.23. The van der Waals surface area contributed by atoms with Crippen LogP contribution in [0.3, 0.4) is 0 Å². The SMILES string of the molecule is CCC1OC(n2cnc3c(C)nc4nccn4c32)C(O)C1O.Cc1nc2nccn2c2c1ncn2C1OC(CO)C(O)C1O. The summed E-state index contributed by atoms with van der Waals surface area (Å²) in [6.07, 6.45) is 3.58. The van der Waals surface area contributed by atoms with Gasteiger partial charge in [0.05, 0.1) is 36.8 Å². The van der Waals surface area contributed by atoms with Crippen molar-refractivity contribution in [3.8, 4) is 0 Å². The standard InChI is InChI=1S/C14H17N5O3.C13H15N5O4/c1-3-8-10(20)11(21)13(22-8)19-6-16-9-7(2)17-14-15-4-5-18(14)12(9)19;1-6-8-11(17-3-2-14-13(17)16-6)18(5-15-8)12-10(21)9(20)7(4-19)22-12/h4-6,8,10-11,13,20-21H,3H2,1-2H3;2-3,5,7,9-10,12,19-21H,4H2,1H3. The molecule has 8 unspecified atom stereocenters. The van der Waals surface area contributed by atoms with Crippen molar-refractivity contribution in [2.75, 3.05) is 6.61 Å². The summed E-state index contributed by atoms with van der Waals surface area (Å²) < 4.78 is 18.3. The summed E-state index contributed by atoms with van der Waals surface area (Å²) in [6, 6.07) is 0. The average Bonchev–Trinajstić information content (AvgIpc) is 3.85. The number of aryl methyl sites for hydroxylation is 2. The average molecular weight is 609 g/mol. The zero-order valence-electron chi connectivity index (χ0n) is 24.0. The van der Waals surface area contributed by atoms with E-state index in [0.29, 0.717) is 34.8 Å². The third kappa shape index (κ3) is 4.27. The lowest BCUT2D eigenvalue weighted by Gasteiger charge is -2.17. The van der Waals surface area contributed by atoms with Crippen LogP contribution in [0.2, 0.25) is 0 Å². The molecule has 8 atom stereocenters. The first-order valence-corrected chi connectivity index (χ1v) is 14.2. The fourth-order valence-electron chi connectivity index (χ4n) is 5.97.